The summed E-state index contributed by atoms with van der Waals surface area (Å²) in [6.45, 7) is 1.40. The molecule has 5 heteroatoms. The summed E-state index contributed by atoms with van der Waals surface area (Å²) >= 11 is 5.91. The first-order chi connectivity index (χ1) is 17.2. The van der Waals surface area contributed by atoms with Crippen LogP contribution in [-0.4, -0.2) is 34.8 Å². The van der Waals surface area contributed by atoms with Gasteiger partial charge in [-0.1, -0.05) is 41.8 Å². The third-order valence-electron chi connectivity index (χ3n) is 4.66. The SMILES string of the molecule is [2H]c1c([2H])c(C([2H])([2H])c2nn(C3CCCN(C)CC3)c(=O)c3c([2H])c([2H])c([2H])c([2H])c23)c([2H])c([2H])c1Cl. The lowest BCUT2D eigenvalue weighted by Crippen LogP contribution is -2.29. The van der Waals surface area contributed by atoms with Gasteiger partial charge in [-0.2, -0.15) is 5.10 Å². The summed E-state index contributed by atoms with van der Waals surface area (Å²) in [6.07, 6.45) is -1.15. The molecule has 0 spiro atoms. The summed E-state index contributed by atoms with van der Waals surface area (Å²) in [7, 11) is 1.93. The van der Waals surface area contributed by atoms with E-state index in [2.05, 4.69) is 10.00 Å². The molecule has 1 saturated heterocycles. The van der Waals surface area contributed by atoms with Crippen LogP contribution < -0.4 is 5.56 Å². The van der Waals surface area contributed by atoms with E-state index in [-0.39, 0.29) is 0 Å². The molecule has 4 nitrogen and oxygen atoms in total. The van der Waals surface area contributed by atoms with Crippen molar-refractivity contribution in [2.45, 2.75) is 31.7 Å². The van der Waals surface area contributed by atoms with Gasteiger partial charge < -0.3 is 4.90 Å². The molecule has 27 heavy (non-hydrogen) atoms. The Kier molecular flexibility index (Phi) is 2.86. The average Bonchev–Trinajstić information content (AvgIpc) is 3.07. The molecule has 4 rings (SSSR count). The van der Waals surface area contributed by atoms with E-state index in [0.29, 0.717) is 19.4 Å². The van der Waals surface area contributed by atoms with Crippen molar-refractivity contribution in [2.24, 2.45) is 0 Å². The average molecular weight is 392 g/mol. The zero-order valence-electron chi connectivity index (χ0n) is 24.7. The zero-order chi connectivity index (χ0) is 27.6. The van der Waals surface area contributed by atoms with Crippen LogP contribution in [0.15, 0.2) is 53.1 Å². The summed E-state index contributed by atoms with van der Waals surface area (Å²) in [4.78, 5) is 15.7. The molecule has 1 aliphatic heterocycles. The molecular formula is C22H24ClN3O. The summed E-state index contributed by atoms with van der Waals surface area (Å²) in [5.74, 6) is 0. The predicted octanol–water partition coefficient (Wildman–Crippen LogP) is 4.30. The maximum atomic E-state index is 13.6. The molecule has 1 unspecified atom stereocenters. The fourth-order valence-electron chi connectivity index (χ4n) is 3.25. The number of hydrogen-bond acceptors (Lipinski definition) is 3. The van der Waals surface area contributed by atoms with Crippen molar-refractivity contribution in [3.8, 4) is 0 Å². The first-order valence-corrected chi connectivity index (χ1v) is 9.07. The van der Waals surface area contributed by atoms with Crippen molar-refractivity contribution in [3.63, 3.8) is 0 Å². The summed E-state index contributed by atoms with van der Waals surface area (Å²) < 4.78 is 84.9. The van der Waals surface area contributed by atoms with Crippen molar-refractivity contribution in [2.75, 3.05) is 20.1 Å². The van der Waals surface area contributed by atoms with Gasteiger partial charge in [-0.25, -0.2) is 4.68 Å². The van der Waals surface area contributed by atoms with Crippen LogP contribution in [0.25, 0.3) is 10.8 Å². The molecule has 0 bridgehead atoms. The van der Waals surface area contributed by atoms with Gasteiger partial charge in [-0.15, -0.1) is 0 Å². The molecule has 1 aromatic heterocycles. The molecule has 0 saturated carbocycles. The molecule has 0 radical (unpaired) electrons. The zero-order valence-corrected chi connectivity index (χ0v) is 15.5. The Labute approximate surface area is 178 Å². The van der Waals surface area contributed by atoms with Gasteiger partial charge in [0.15, 0.2) is 0 Å². The van der Waals surface area contributed by atoms with Gasteiger partial charge in [0.05, 0.1) is 28.1 Å². The third kappa shape index (κ3) is 3.92. The molecule has 0 aliphatic carbocycles. The Hall–Kier alpha value is -2.17. The van der Waals surface area contributed by atoms with Gasteiger partial charge >= 0.3 is 0 Å². The first kappa shape index (κ1) is 9.85. The number of rotatable bonds is 3. The topological polar surface area (TPSA) is 38.1 Å². The van der Waals surface area contributed by atoms with E-state index in [0.717, 1.165) is 17.6 Å². The van der Waals surface area contributed by atoms with Crippen LogP contribution in [0.5, 0.6) is 0 Å². The second-order valence-corrected chi connectivity index (χ2v) is 6.93. The van der Waals surface area contributed by atoms with E-state index in [1.165, 1.54) is 0 Å². The lowest BCUT2D eigenvalue weighted by Gasteiger charge is -2.19. The van der Waals surface area contributed by atoms with Crippen molar-refractivity contribution < 1.29 is 13.7 Å². The monoisotopic (exact) mass is 391 g/mol. The van der Waals surface area contributed by atoms with Gasteiger partial charge in [0.25, 0.3) is 5.56 Å². The van der Waals surface area contributed by atoms with Gasteiger partial charge in [0, 0.05) is 19.5 Å². The van der Waals surface area contributed by atoms with E-state index >= 15 is 0 Å². The largest absolute Gasteiger partial charge is 0.306 e. The number of fused-ring (bicyclic) bond motifs is 1. The normalized spacial score (nSPS) is 24.3. The highest BCUT2D eigenvalue weighted by Crippen LogP contribution is 2.23. The number of likely N-dealkylation sites (tertiary alicyclic amines) is 1. The smallest absolute Gasteiger partial charge is 0.274 e. The van der Waals surface area contributed by atoms with Crippen molar-refractivity contribution in [3.05, 3.63) is 75.0 Å². The molecule has 0 amide bonds. The molecule has 1 atom stereocenters. The summed E-state index contributed by atoms with van der Waals surface area (Å²) in [5.41, 5.74) is -2.07. The summed E-state index contributed by atoms with van der Waals surface area (Å²) in [6, 6.07) is -5.98. The number of benzene rings is 2. The third-order valence-corrected chi connectivity index (χ3v) is 4.85. The van der Waals surface area contributed by atoms with Crippen LogP contribution in [0.4, 0.5) is 0 Å². The van der Waals surface area contributed by atoms with E-state index < -0.39 is 93.4 Å². The Morgan fingerprint density at radius 3 is 2.67 bits per heavy atom. The number of hydrogen-bond donors (Lipinski definition) is 0. The molecule has 1 aliphatic rings. The Balaban J connectivity index is 2.16. The van der Waals surface area contributed by atoms with Gasteiger partial charge in [-0.3, -0.25) is 4.79 Å². The van der Waals surface area contributed by atoms with Gasteiger partial charge in [0.2, 0.25) is 0 Å². The minimum absolute atomic E-state index is 0.443. The standard InChI is InChI=1S/C22H24ClN3O/c1-25-13-4-5-18(12-14-25)26-22(27)20-7-3-2-6-19(20)21(24-26)15-16-8-10-17(23)11-9-16/h2-3,6-11,18H,4-5,12-15H2,1H3/i2D,3D,6D,7D,8D,9D,10D,11D,15D2. The van der Waals surface area contributed by atoms with Crippen LogP contribution in [0.2, 0.25) is 5.02 Å². The lowest BCUT2D eigenvalue weighted by molar-refractivity contribution is 0.334. The van der Waals surface area contributed by atoms with Crippen molar-refractivity contribution >= 4 is 22.4 Å². The number of aromatic nitrogens is 2. The van der Waals surface area contributed by atoms with Crippen LogP contribution in [0, 0.1) is 0 Å². The second kappa shape index (κ2) is 7.83. The Morgan fingerprint density at radius 2 is 1.89 bits per heavy atom. The van der Waals surface area contributed by atoms with E-state index in [1.54, 1.807) is 0 Å². The van der Waals surface area contributed by atoms with Crippen LogP contribution in [-0.2, 0) is 6.37 Å². The lowest BCUT2D eigenvalue weighted by atomic mass is 10.0. The van der Waals surface area contributed by atoms with Gasteiger partial charge in [-0.05, 0) is 63.1 Å². The first-order valence-electron chi connectivity index (χ1n) is 13.7. The minimum atomic E-state index is -2.89. The highest BCUT2D eigenvalue weighted by atomic mass is 35.5. The molecular weight excluding hydrogens is 358 g/mol. The van der Waals surface area contributed by atoms with E-state index in [9.17, 15) is 4.79 Å². The van der Waals surface area contributed by atoms with Crippen molar-refractivity contribution in [1.82, 2.24) is 14.7 Å². The maximum Gasteiger partial charge on any atom is 0.274 e. The molecule has 140 valence electrons. The number of nitrogens with zero attached hydrogens (tertiary/aromatic N) is 3. The fraction of sp³-hybridized carbons (Fsp3) is 0.364. The highest BCUT2D eigenvalue weighted by Gasteiger charge is 2.21. The molecule has 2 aromatic carbocycles. The summed E-state index contributed by atoms with van der Waals surface area (Å²) in [5, 5.41) is 2.93. The Morgan fingerprint density at radius 1 is 1.15 bits per heavy atom. The minimum Gasteiger partial charge on any atom is -0.306 e. The molecule has 3 aromatic rings. The quantitative estimate of drug-likeness (QED) is 0.668. The molecule has 0 N–H and O–H groups in total. The molecule has 2 heterocycles. The van der Waals surface area contributed by atoms with Crippen LogP contribution in [0.3, 0.4) is 0 Å². The Bertz CT molecular complexity index is 1460. The van der Waals surface area contributed by atoms with Gasteiger partial charge in [0.1, 0.15) is 0 Å². The van der Waals surface area contributed by atoms with E-state index in [1.807, 2.05) is 7.05 Å². The second-order valence-electron chi connectivity index (χ2n) is 6.55. The number of halogens is 1. The van der Waals surface area contributed by atoms with E-state index in [4.69, 9.17) is 25.3 Å². The highest BCUT2D eigenvalue weighted by molar-refractivity contribution is 6.30. The maximum absolute atomic E-state index is 13.6. The predicted molar refractivity (Wildman–Crippen MR) is 111 cm³/mol. The van der Waals surface area contributed by atoms with Crippen LogP contribution in [0.1, 0.15) is 50.3 Å². The van der Waals surface area contributed by atoms with Crippen LogP contribution >= 0.6 is 11.6 Å². The fourth-order valence-corrected chi connectivity index (χ4v) is 3.34. The molecule has 1 fully saturated rings. The van der Waals surface area contributed by atoms with Crippen molar-refractivity contribution in [1.29, 1.82) is 0 Å².